The highest BCUT2D eigenvalue weighted by atomic mass is 35.5. The van der Waals surface area contributed by atoms with E-state index in [1.807, 2.05) is 26.0 Å². The molecule has 0 spiro atoms. The van der Waals surface area contributed by atoms with Gasteiger partial charge < -0.3 is 9.73 Å². The lowest BCUT2D eigenvalue weighted by atomic mass is 10.1. The van der Waals surface area contributed by atoms with Gasteiger partial charge in [0.1, 0.15) is 11.5 Å². The van der Waals surface area contributed by atoms with Gasteiger partial charge in [0.05, 0.1) is 5.56 Å². The maximum atomic E-state index is 12.2. The first kappa shape index (κ1) is 16.1. The van der Waals surface area contributed by atoms with E-state index in [4.69, 9.17) is 16.0 Å². The summed E-state index contributed by atoms with van der Waals surface area (Å²) in [4.78, 5) is 13.5. The highest BCUT2D eigenvalue weighted by Gasteiger charge is 2.14. The molecular formula is C18H18ClNO2S. The largest absolute Gasteiger partial charge is 0.466 e. The molecule has 3 aromatic rings. The van der Waals surface area contributed by atoms with Gasteiger partial charge in [0.15, 0.2) is 0 Å². The molecule has 3 rings (SSSR count). The van der Waals surface area contributed by atoms with E-state index in [0.717, 1.165) is 17.2 Å². The van der Waals surface area contributed by atoms with Crippen molar-refractivity contribution in [3.63, 3.8) is 0 Å². The van der Waals surface area contributed by atoms with Crippen LogP contribution in [0.4, 0.5) is 0 Å². The van der Waals surface area contributed by atoms with E-state index in [9.17, 15) is 4.79 Å². The van der Waals surface area contributed by atoms with Crippen LogP contribution in [-0.4, -0.2) is 12.5 Å². The van der Waals surface area contributed by atoms with Gasteiger partial charge in [-0.1, -0.05) is 11.6 Å². The van der Waals surface area contributed by atoms with Gasteiger partial charge >= 0.3 is 0 Å². The third-order valence-electron chi connectivity index (χ3n) is 3.92. The normalized spacial score (nSPS) is 11.1. The SMILES string of the molecule is Cc1cc(C(=O)NCCc2sc3ccc(Cl)cc3c2C)c(C)o1. The number of carbonyl (C=O) groups is 1. The molecule has 2 heterocycles. The Labute approximate surface area is 144 Å². The highest BCUT2D eigenvalue weighted by molar-refractivity contribution is 7.19. The van der Waals surface area contributed by atoms with Crippen molar-refractivity contribution in [1.82, 2.24) is 5.32 Å². The third-order valence-corrected chi connectivity index (χ3v) is 5.49. The van der Waals surface area contributed by atoms with Crippen molar-refractivity contribution < 1.29 is 9.21 Å². The second kappa shape index (κ2) is 6.38. The summed E-state index contributed by atoms with van der Waals surface area (Å²) in [7, 11) is 0. The molecule has 0 aliphatic rings. The molecule has 0 atom stereocenters. The summed E-state index contributed by atoms with van der Waals surface area (Å²) >= 11 is 7.83. The predicted octanol–water partition coefficient (Wildman–Crippen LogP) is 5.05. The van der Waals surface area contributed by atoms with Crippen LogP contribution in [-0.2, 0) is 6.42 Å². The first-order valence-electron chi connectivity index (χ1n) is 7.48. The fourth-order valence-corrected chi connectivity index (χ4v) is 4.09. The van der Waals surface area contributed by atoms with Crippen LogP contribution in [0.5, 0.6) is 0 Å². The van der Waals surface area contributed by atoms with Crippen LogP contribution in [0.2, 0.25) is 5.02 Å². The Morgan fingerprint density at radius 1 is 1.26 bits per heavy atom. The van der Waals surface area contributed by atoms with E-state index in [1.165, 1.54) is 20.5 Å². The molecule has 1 amide bonds. The number of thiophene rings is 1. The second-order valence-corrected chi connectivity index (χ2v) is 7.20. The molecule has 5 heteroatoms. The van der Waals surface area contributed by atoms with E-state index in [2.05, 4.69) is 18.3 Å². The summed E-state index contributed by atoms with van der Waals surface area (Å²) in [5.74, 6) is 1.33. The molecule has 0 saturated carbocycles. The maximum Gasteiger partial charge on any atom is 0.254 e. The Morgan fingerprint density at radius 2 is 2.04 bits per heavy atom. The van der Waals surface area contributed by atoms with Gasteiger partial charge in [-0.2, -0.15) is 0 Å². The van der Waals surface area contributed by atoms with Crippen molar-refractivity contribution in [1.29, 1.82) is 0 Å². The van der Waals surface area contributed by atoms with Crippen molar-refractivity contribution in [2.24, 2.45) is 0 Å². The summed E-state index contributed by atoms with van der Waals surface area (Å²) in [5.41, 5.74) is 1.86. The zero-order valence-electron chi connectivity index (χ0n) is 13.3. The van der Waals surface area contributed by atoms with Crippen molar-refractivity contribution in [3.8, 4) is 0 Å². The monoisotopic (exact) mass is 347 g/mol. The maximum absolute atomic E-state index is 12.2. The topological polar surface area (TPSA) is 42.2 Å². The standard InChI is InChI=1S/C18H18ClNO2S/c1-10-8-15(12(3)22-10)18(21)20-7-6-16-11(2)14-9-13(19)4-5-17(14)23-16/h4-5,8-9H,6-7H2,1-3H3,(H,20,21). The number of fused-ring (bicyclic) bond motifs is 1. The van der Waals surface area contributed by atoms with Gasteiger partial charge in [0.2, 0.25) is 0 Å². The number of carbonyl (C=O) groups excluding carboxylic acids is 1. The molecule has 0 fully saturated rings. The summed E-state index contributed by atoms with van der Waals surface area (Å²) in [6.45, 7) is 6.36. The average molecular weight is 348 g/mol. The van der Waals surface area contributed by atoms with Gasteiger partial charge in [0.25, 0.3) is 5.91 Å². The van der Waals surface area contributed by atoms with E-state index in [-0.39, 0.29) is 5.91 Å². The number of benzene rings is 1. The van der Waals surface area contributed by atoms with E-state index < -0.39 is 0 Å². The van der Waals surface area contributed by atoms with Gasteiger partial charge in [-0.15, -0.1) is 11.3 Å². The van der Waals surface area contributed by atoms with E-state index >= 15 is 0 Å². The Kier molecular flexibility index (Phi) is 4.46. The van der Waals surface area contributed by atoms with Crippen LogP contribution < -0.4 is 5.32 Å². The number of halogens is 1. The quantitative estimate of drug-likeness (QED) is 0.718. The van der Waals surface area contributed by atoms with Gasteiger partial charge in [-0.05, 0) is 62.4 Å². The zero-order valence-corrected chi connectivity index (χ0v) is 14.9. The lowest BCUT2D eigenvalue weighted by Crippen LogP contribution is -2.25. The highest BCUT2D eigenvalue weighted by Crippen LogP contribution is 2.32. The molecule has 0 saturated heterocycles. The van der Waals surface area contributed by atoms with E-state index in [0.29, 0.717) is 17.9 Å². The smallest absolute Gasteiger partial charge is 0.254 e. The Hall–Kier alpha value is -1.78. The van der Waals surface area contributed by atoms with E-state index in [1.54, 1.807) is 17.4 Å². The van der Waals surface area contributed by atoms with Crippen LogP contribution in [0, 0.1) is 20.8 Å². The number of aryl methyl sites for hydroxylation is 3. The van der Waals surface area contributed by atoms with Crippen LogP contribution in [0.3, 0.4) is 0 Å². The molecule has 3 nitrogen and oxygen atoms in total. The van der Waals surface area contributed by atoms with Crippen LogP contribution >= 0.6 is 22.9 Å². The summed E-state index contributed by atoms with van der Waals surface area (Å²) in [5, 5.41) is 4.92. The molecule has 0 unspecified atom stereocenters. The molecule has 2 aromatic heterocycles. The van der Waals surface area contributed by atoms with Gasteiger partial charge in [-0.3, -0.25) is 4.79 Å². The Morgan fingerprint density at radius 3 is 2.74 bits per heavy atom. The number of rotatable bonds is 4. The Balaban J connectivity index is 1.68. The van der Waals surface area contributed by atoms with Crippen molar-refractivity contribution in [2.45, 2.75) is 27.2 Å². The Bertz CT molecular complexity index is 879. The summed E-state index contributed by atoms with van der Waals surface area (Å²) in [6.07, 6.45) is 0.810. The summed E-state index contributed by atoms with van der Waals surface area (Å²) < 4.78 is 6.63. The molecule has 23 heavy (non-hydrogen) atoms. The van der Waals surface area contributed by atoms with Crippen LogP contribution in [0.1, 0.15) is 32.3 Å². The minimum Gasteiger partial charge on any atom is -0.466 e. The lowest BCUT2D eigenvalue weighted by Gasteiger charge is -2.04. The van der Waals surface area contributed by atoms with Gasteiger partial charge in [-0.25, -0.2) is 0 Å². The minimum atomic E-state index is -0.0823. The van der Waals surface area contributed by atoms with Crippen molar-refractivity contribution in [3.05, 3.63) is 56.8 Å². The number of furan rings is 1. The molecule has 0 bridgehead atoms. The predicted molar refractivity (Wildman–Crippen MR) is 95.8 cm³/mol. The number of hydrogen-bond donors (Lipinski definition) is 1. The molecule has 0 aliphatic carbocycles. The number of nitrogens with one attached hydrogen (secondary N) is 1. The molecule has 120 valence electrons. The second-order valence-electron chi connectivity index (χ2n) is 5.62. The fraction of sp³-hybridized carbons (Fsp3) is 0.278. The summed E-state index contributed by atoms with van der Waals surface area (Å²) in [6, 6.07) is 7.74. The number of hydrogen-bond acceptors (Lipinski definition) is 3. The van der Waals surface area contributed by atoms with Crippen LogP contribution in [0.25, 0.3) is 10.1 Å². The first-order chi connectivity index (χ1) is 11.0. The fourth-order valence-electron chi connectivity index (χ4n) is 2.72. The average Bonchev–Trinajstić information content (AvgIpc) is 2.99. The molecular weight excluding hydrogens is 330 g/mol. The number of amides is 1. The third kappa shape index (κ3) is 3.28. The minimum absolute atomic E-state index is 0.0823. The molecule has 1 aromatic carbocycles. The van der Waals surface area contributed by atoms with Crippen LogP contribution in [0.15, 0.2) is 28.7 Å². The first-order valence-corrected chi connectivity index (χ1v) is 8.68. The zero-order chi connectivity index (χ0) is 16.6. The van der Waals surface area contributed by atoms with Crippen molar-refractivity contribution >= 4 is 38.9 Å². The molecule has 1 N–H and O–H groups in total. The van der Waals surface area contributed by atoms with Gasteiger partial charge in [0, 0.05) is 21.1 Å². The lowest BCUT2D eigenvalue weighted by molar-refractivity contribution is 0.0952. The molecule has 0 aliphatic heterocycles. The van der Waals surface area contributed by atoms with Crippen molar-refractivity contribution in [2.75, 3.05) is 6.54 Å². The molecule has 0 radical (unpaired) electrons.